The molecule has 0 aromatic heterocycles. The molecule has 6 atom stereocenters. The van der Waals surface area contributed by atoms with Crippen molar-refractivity contribution in [3.63, 3.8) is 0 Å². The lowest BCUT2D eigenvalue weighted by Crippen LogP contribution is -2.61. The summed E-state index contributed by atoms with van der Waals surface area (Å²) in [5, 5.41) is 23.5. The number of ether oxygens (including phenoxy) is 1. The maximum absolute atomic E-state index is 14.2. The van der Waals surface area contributed by atoms with Gasteiger partial charge in [0.2, 0.25) is 41.4 Å². The van der Waals surface area contributed by atoms with Crippen LogP contribution in [-0.4, -0.2) is 118 Å². The molecule has 1 saturated heterocycles. The number of aliphatic carboxylic acids is 1. The molecular formula is C42H58Cl2N8O10S. The number of primary amides is 1. The van der Waals surface area contributed by atoms with Crippen LogP contribution in [0.1, 0.15) is 65.0 Å². The van der Waals surface area contributed by atoms with Crippen molar-refractivity contribution in [1.29, 1.82) is 0 Å². The van der Waals surface area contributed by atoms with Gasteiger partial charge in [-0.25, -0.2) is 4.79 Å². The summed E-state index contributed by atoms with van der Waals surface area (Å²) in [4.78, 5) is 106. The van der Waals surface area contributed by atoms with Crippen LogP contribution >= 0.6 is 35.0 Å². The van der Waals surface area contributed by atoms with Crippen molar-refractivity contribution in [1.82, 2.24) is 31.5 Å². The fraction of sp³-hybridized carbons (Fsp3) is 0.524. The third-order valence-electron chi connectivity index (χ3n) is 10.0. The van der Waals surface area contributed by atoms with E-state index in [0.717, 1.165) is 0 Å². The summed E-state index contributed by atoms with van der Waals surface area (Å²) in [5.41, 5.74) is 12.3. The summed E-state index contributed by atoms with van der Waals surface area (Å²) in [6.07, 6.45) is -0.0475. The van der Waals surface area contributed by atoms with E-state index >= 15 is 0 Å². The van der Waals surface area contributed by atoms with Gasteiger partial charge in [0.1, 0.15) is 48.6 Å². The van der Waals surface area contributed by atoms with Gasteiger partial charge >= 0.3 is 5.97 Å². The fourth-order valence-electron chi connectivity index (χ4n) is 6.67. The topological polar surface area (TPSA) is 281 Å². The average Bonchev–Trinajstić information content (AvgIpc) is 3.71. The Labute approximate surface area is 381 Å². The highest BCUT2D eigenvalue weighted by Crippen LogP contribution is 2.26. The number of hydrogen-bond donors (Lipinski definition) is 8. The van der Waals surface area contributed by atoms with Crippen LogP contribution in [0.15, 0.2) is 42.5 Å². The van der Waals surface area contributed by atoms with Crippen LogP contribution in [-0.2, 0) is 51.4 Å². The predicted octanol–water partition coefficient (Wildman–Crippen LogP) is 1.51. The van der Waals surface area contributed by atoms with Crippen LogP contribution in [0.3, 0.4) is 0 Å². The number of amides is 7. The van der Waals surface area contributed by atoms with Gasteiger partial charge in [0.15, 0.2) is 0 Å². The SMILES string of the molecule is CC(=O)N[C@@H](CSCCN)C(=O)N[C@@H](Cc1ccc(OCc2c(Cl)cccc2Cl)cc1)C(=O)N[C@H](C(=O)N[C@@H](CC(N)=O)C(=O)N[C@H](C(=O)N1CCC[C@H]1C(=O)O)C(C)C)C(C)C. The number of halogens is 2. The fourth-order valence-corrected chi connectivity index (χ4v) is 7.98. The van der Waals surface area contributed by atoms with Gasteiger partial charge in [-0.05, 0) is 54.5 Å². The number of carboxylic acid groups (broad SMARTS) is 1. The van der Waals surface area contributed by atoms with Gasteiger partial charge in [0, 0.05) is 53.5 Å². The van der Waals surface area contributed by atoms with Gasteiger partial charge in [-0.15, -0.1) is 0 Å². The van der Waals surface area contributed by atoms with Crippen molar-refractivity contribution in [3.05, 3.63) is 63.6 Å². The van der Waals surface area contributed by atoms with Crippen LogP contribution in [0, 0.1) is 11.8 Å². The highest BCUT2D eigenvalue weighted by atomic mass is 35.5. The van der Waals surface area contributed by atoms with Crippen molar-refractivity contribution in [2.75, 3.05) is 24.6 Å². The van der Waals surface area contributed by atoms with Crippen molar-refractivity contribution in [2.24, 2.45) is 23.3 Å². The molecule has 1 heterocycles. The Balaban J connectivity index is 1.86. The largest absolute Gasteiger partial charge is 0.489 e. The minimum absolute atomic E-state index is 0.0779. The molecule has 7 amide bonds. The van der Waals surface area contributed by atoms with E-state index in [1.807, 2.05) is 0 Å². The molecule has 3 rings (SSSR count). The molecule has 346 valence electrons. The van der Waals surface area contributed by atoms with Gasteiger partial charge in [0.05, 0.1) is 6.42 Å². The number of nitrogens with two attached hydrogens (primary N) is 2. The van der Waals surface area contributed by atoms with Crippen LogP contribution < -0.4 is 42.8 Å². The second-order valence-corrected chi connectivity index (χ2v) is 17.7. The van der Waals surface area contributed by atoms with E-state index in [2.05, 4.69) is 26.6 Å². The lowest BCUT2D eigenvalue weighted by Gasteiger charge is -2.31. The average molecular weight is 938 g/mol. The lowest BCUT2D eigenvalue weighted by atomic mass is 9.99. The van der Waals surface area contributed by atoms with Crippen LogP contribution in [0.5, 0.6) is 5.75 Å². The zero-order valence-corrected chi connectivity index (χ0v) is 38.2. The second kappa shape index (κ2) is 25.3. The molecule has 2 aromatic rings. The van der Waals surface area contributed by atoms with Crippen molar-refractivity contribution >= 4 is 82.3 Å². The first-order chi connectivity index (χ1) is 29.7. The third kappa shape index (κ3) is 16.2. The third-order valence-corrected chi connectivity index (χ3v) is 11.8. The second-order valence-electron chi connectivity index (χ2n) is 15.7. The Morgan fingerprint density at radius 2 is 1.38 bits per heavy atom. The summed E-state index contributed by atoms with van der Waals surface area (Å²) >= 11 is 13.9. The van der Waals surface area contributed by atoms with Crippen molar-refractivity contribution < 1.29 is 48.2 Å². The molecule has 0 bridgehead atoms. The first kappa shape index (κ1) is 52.2. The van der Waals surface area contributed by atoms with Crippen LogP contribution in [0.2, 0.25) is 10.0 Å². The quantitative estimate of drug-likeness (QED) is 0.0696. The molecule has 0 radical (unpaired) electrons. The standard InChI is InChI=1S/C42H58Cl2N8O10S/c1-22(2)35(40(58)49-31(19-34(46)54)38(56)51-36(23(3)4)41(59)52-16-7-10-33(52)42(60)61)50-37(55)30(48-39(57)32(47-24(5)53)21-63-17-15-45)18-25-11-13-26(14-12-25)62-20-27-28(43)8-6-9-29(27)44/h6,8-9,11-14,22-23,30-33,35-36H,7,10,15-21,45H2,1-5H3,(H2,46,54)(H,47,53)(H,48,57)(H,49,58)(H,50,55)(H,51,56)(H,60,61)/t30-,31-,32-,33-,35-,36-/m0/s1. The molecule has 1 fully saturated rings. The van der Waals surface area contributed by atoms with Gasteiger partial charge in [-0.2, -0.15) is 11.8 Å². The molecular weight excluding hydrogens is 879 g/mol. The van der Waals surface area contributed by atoms with Gasteiger partial charge in [-0.3, -0.25) is 33.6 Å². The van der Waals surface area contributed by atoms with E-state index in [0.29, 0.717) is 45.6 Å². The normalized spacial score (nSPS) is 16.0. The summed E-state index contributed by atoms with van der Waals surface area (Å²) in [6, 6.07) is 4.22. The number of carbonyl (C=O) groups excluding carboxylic acids is 7. The number of nitrogens with zero attached hydrogens (tertiary/aromatic N) is 1. The molecule has 1 aliphatic heterocycles. The molecule has 1 aliphatic rings. The van der Waals surface area contributed by atoms with E-state index in [1.165, 1.54) is 23.6 Å². The number of carboxylic acids is 1. The summed E-state index contributed by atoms with van der Waals surface area (Å²) in [7, 11) is 0. The minimum atomic E-state index is -1.59. The Hall–Kier alpha value is -5.11. The van der Waals surface area contributed by atoms with Crippen LogP contribution in [0.4, 0.5) is 0 Å². The number of likely N-dealkylation sites (tertiary alicyclic amines) is 1. The Morgan fingerprint density at radius 3 is 1.94 bits per heavy atom. The zero-order valence-electron chi connectivity index (χ0n) is 35.9. The number of hydrogen-bond acceptors (Lipinski definition) is 11. The Kier molecular flexibility index (Phi) is 20.9. The first-order valence-corrected chi connectivity index (χ1v) is 22.4. The molecule has 0 aliphatic carbocycles. The van der Waals surface area contributed by atoms with Gasteiger partial charge in [0.25, 0.3) is 0 Å². The molecule has 18 nitrogen and oxygen atoms in total. The van der Waals surface area contributed by atoms with Gasteiger partial charge < -0.3 is 52.8 Å². The van der Waals surface area contributed by atoms with E-state index in [4.69, 9.17) is 39.4 Å². The maximum Gasteiger partial charge on any atom is 0.326 e. The molecule has 21 heteroatoms. The zero-order chi connectivity index (χ0) is 47.0. The number of benzene rings is 2. The highest BCUT2D eigenvalue weighted by Gasteiger charge is 2.40. The van der Waals surface area contributed by atoms with Crippen LogP contribution in [0.25, 0.3) is 0 Å². The Morgan fingerprint density at radius 1 is 0.810 bits per heavy atom. The Bertz CT molecular complexity index is 1940. The molecule has 2 aromatic carbocycles. The molecule has 0 spiro atoms. The van der Waals surface area contributed by atoms with Crippen molar-refractivity contribution in [3.8, 4) is 5.75 Å². The molecule has 0 saturated carbocycles. The van der Waals surface area contributed by atoms with Gasteiger partial charge in [-0.1, -0.05) is 69.1 Å². The summed E-state index contributed by atoms with van der Waals surface area (Å²) in [5.74, 6) is -6.53. The first-order valence-electron chi connectivity index (χ1n) is 20.5. The van der Waals surface area contributed by atoms with E-state index in [-0.39, 0.29) is 31.7 Å². The minimum Gasteiger partial charge on any atom is -0.489 e. The number of nitrogens with one attached hydrogen (secondary N) is 5. The smallest absolute Gasteiger partial charge is 0.326 e. The molecule has 10 N–H and O–H groups in total. The number of thioether (sulfide) groups is 1. The summed E-state index contributed by atoms with van der Waals surface area (Å²) < 4.78 is 5.89. The van der Waals surface area contributed by atoms with Crippen molar-refractivity contribution in [2.45, 2.75) is 103 Å². The summed E-state index contributed by atoms with van der Waals surface area (Å²) in [6.45, 7) is 8.38. The lowest BCUT2D eigenvalue weighted by molar-refractivity contribution is -0.150. The monoisotopic (exact) mass is 936 g/mol. The number of carbonyl (C=O) groups is 8. The maximum atomic E-state index is 14.2. The molecule has 63 heavy (non-hydrogen) atoms. The van der Waals surface area contributed by atoms with E-state index in [9.17, 15) is 43.5 Å². The van der Waals surface area contributed by atoms with E-state index < -0.39 is 102 Å². The highest BCUT2D eigenvalue weighted by molar-refractivity contribution is 7.99. The molecule has 0 unspecified atom stereocenters. The predicted molar refractivity (Wildman–Crippen MR) is 239 cm³/mol. The van der Waals surface area contributed by atoms with E-state index in [1.54, 1.807) is 70.2 Å². The number of rotatable bonds is 24.